The molecule has 0 saturated carbocycles. The van der Waals surface area contributed by atoms with Gasteiger partial charge in [0.1, 0.15) is 13.2 Å². The zero-order chi connectivity index (χ0) is 42.1. The highest BCUT2D eigenvalue weighted by atomic mass is 16.7. The Morgan fingerprint density at radius 3 is 1.56 bits per heavy atom. The van der Waals surface area contributed by atoms with Gasteiger partial charge in [0, 0.05) is 12.8 Å². The molecule has 57 heavy (non-hydrogen) atoms. The lowest BCUT2D eigenvalue weighted by Gasteiger charge is -2.25. The van der Waals surface area contributed by atoms with Crippen molar-refractivity contribution >= 4 is 17.9 Å². The van der Waals surface area contributed by atoms with E-state index in [-0.39, 0.29) is 38.6 Å². The molecule has 0 amide bonds. The minimum absolute atomic E-state index is 0.131. The number of carboxylic acid groups (broad SMARTS) is 1. The Bertz CT molecular complexity index is 1210. The second kappa shape index (κ2) is 39.3. The van der Waals surface area contributed by atoms with E-state index in [1.165, 1.54) is 32.1 Å². The van der Waals surface area contributed by atoms with E-state index in [4.69, 9.17) is 18.9 Å². The summed E-state index contributed by atoms with van der Waals surface area (Å²) in [6, 6.07) is 0. The Kier molecular flexibility index (Phi) is 36.9. The van der Waals surface area contributed by atoms with Crippen LogP contribution in [0.4, 0.5) is 0 Å². The molecule has 324 valence electrons. The Morgan fingerprint density at radius 1 is 0.544 bits per heavy atom. The standard InChI is InChI=1S/C48H79NO8/c1-6-8-10-12-14-16-18-20-21-22-23-24-25-27-28-30-32-34-36-38-45(50)55-42-44(43-56-48(47(52)53)54-41-40-49(3,4)5)57-46(51)39-37-35-33-31-29-26-19-17-15-13-11-9-7-2/h9,11,14-17,20-21,23-24,26,29,33,35,44,48H,6-8,10,12-13,18-19,22,25,27-28,30-32,34,36-43H2,1-5H3/p+1/b11-9-,16-14-,17-15-,21-20-,24-23-,29-26-,35-33-. The van der Waals surface area contributed by atoms with Gasteiger partial charge in [0.15, 0.2) is 6.10 Å². The van der Waals surface area contributed by atoms with E-state index >= 15 is 0 Å². The number of carbonyl (C=O) groups is 3. The van der Waals surface area contributed by atoms with Crippen LogP contribution in [0.1, 0.15) is 142 Å². The lowest BCUT2D eigenvalue weighted by molar-refractivity contribution is -0.870. The molecule has 1 N–H and O–H groups in total. The number of ether oxygens (including phenoxy) is 4. The lowest BCUT2D eigenvalue weighted by Crippen LogP contribution is -2.40. The minimum atomic E-state index is -1.53. The number of esters is 2. The van der Waals surface area contributed by atoms with E-state index in [1.54, 1.807) is 0 Å². The quantitative estimate of drug-likeness (QED) is 0.0216. The number of aliphatic carboxylic acids is 1. The summed E-state index contributed by atoms with van der Waals surface area (Å²) in [7, 11) is 5.91. The van der Waals surface area contributed by atoms with Gasteiger partial charge in [-0.3, -0.25) is 9.59 Å². The molecule has 0 aromatic rings. The third kappa shape index (κ3) is 40.5. The largest absolute Gasteiger partial charge is 0.477 e. The summed E-state index contributed by atoms with van der Waals surface area (Å²) < 4.78 is 22.6. The molecule has 0 radical (unpaired) electrons. The summed E-state index contributed by atoms with van der Waals surface area (Å²) in [5.74, 6) is -2.15. The predicted molar refractivity (Wildman–Crippen MR) is 235 cm³/mol. The van der Waals surface area contributed by atoms with Gasteiger partial charge in [0.05, 0.1) is 34.4 Å². The molecule has 0 spiro atoms. The fourth-order valence-corrected chi connectivity index (χ4v) is 5.27. The van der Waals surface area contributed by atoms with Crippen LogP contribution in [0.25, 0.3) is 0 Å². The van der Waals surface area contributed by atoms with E-state index in [1.807, 2.05) is 33.3 Å². The van der Waals surface area contributed by atoms with Gasteiger partial charge in [0.2, 0.25) is 0 Å². The Morgan fingerprint density at radius 2 is 1.04 bits per heavy atom. The maximum absolute atomic E-state index is 12.7. The third-order valence-electron chi connectivity index (χ3n) is 8.65. The van der Waals surface area contributed by atoms with E-state index in [2.05, 4.69) is 86.8 Å². The summed E-state index contributed by atoms with van der Waals surface area (Å²) in [6.45, 7) is 4.59. The third-order valence-corrected chi connectivity index (χ3v) is 8.65. The number of likely N-dealkylation sites (N-methyl/N-ethyl adjacent to an activating group) is 1. The first-order chi connectivity index (χ1) is 27.6. The summed E-state index contributed by atoms with van der Waals surface area (Å²) >= 11 is 0. The minimum Gasteiger partial charge on any atom is -0.477 e. The van der Waals surface area contributed by atoms with E-state index in [0.717, 1.165) is 77.0 Å². The number of rotatable bonds is 38. The molecule has 0 aromatic heterocycles. The predicted octanol–water partition coefficient (Wildman–Crippen LogP) is 11.3. The van der Waals surface area contributed by atoms with Crippen LogP contribution in [-0.2, 0) is 33.3 Å². The molecular weight excluding hydrogens is 719 g/mol. The van der Waals surface area contributed by atoms with Crippen molar-refractivity contribution in [2.24, 2.45) is 0 Å². The van der Waals surface area contributed by atoms with Gasteiger partial charge in [0.25, 0.3) is 6.29 Å². The highest BCUT2D eigenvalue weighted by molar-refractivity contribution is 5.71. The van der Waals surface area contributed by atoms with E-state index in [9.17, 15) is 19.5 Å². The molecule has 0 aliphatic carbocycles. The number of hydrogen-bond acceptors (Lipinski definition) is 7. The van der Waals surface area contributed by atoms with Gasteiger partial charge in [-0.15, -0.1) is 0 Å². The number of unbranched alkanes of at least 4 members (excludes halogenated alkanes) is 9. The monoisotopic (exact) mass is 799 g/mol. The van der Waals surface area contributed by atoms with Crippen LogP contribution >= 0.6 is 0 Å². The fraction of sp³-hybridized carbons (Fsp3) is 0.646. The van der Waals surface area contributed by atoms with Gasteiger partial charge in [-0.1, -0.05) is 137 Å². The molecule has 0 aliphatic rings. The maximum atomic E-state index is 12.7. The van der Waals surface area contributed by atoms with Crippen molar-refractivity contribution in [3.8, 4) is 0 Å². The SMILES string of the molecule is CC/C=C\C/C=C\C/C=C\C/C=C\CCC(=O)OC(COC(=O)CCCCCCCC/C=C\C/C=C\C/C=C\CCCCC)COC(OCC[N+](C)(C)C)C(=O)O. The van der Waals surface area contributed by atoms with Gasteiger partial charge >= 0.3 is 17.9 Å². The summed E-state index contributed by atoms with van der Waals surface area (Å²) in [5.41, 5.74) is 0. The van der Waals surface area contributed by atoms with Gasteiger partial charge < -0.3 is 28.5 Å². The molecule has 9 heteroatoms. The average molecular weight is 799 g/mol. The molecule has 0 bridgehead atoms. The number of allylic oxidation sites excluding steroid dienone is 14. The number of carbonyl (C=O) groups excluding carboxylic acids is 2. The fourth-order valence-electron chi connectivity index (χ4n) is 5.27. The highest BCUT2D eigenvalue weighted by Gasteiger charge is 2.25. The molecule has 0 saturated heterocycles. The van der Waals surface area contributed by atoms with Crippen molar-refractivity contribution in [2.45, 2.75) is 155 Å². The Balaban J connectivity index is 4.55. The smallest absolute Gasteiger partial charge is 0.361 e. The second-order valence-corrected chi connectivity index (χ2v) is 15.3. The topological polar surface area (TPSA) is 108 Å². The molecule has 0 aliphatic heterocycles. The number of hydrogen-bond donors (Lipinski definition) is 1. The van der Waals surface area contributed by atoms with Crippen molar-refractivity contribution in [1.29, 1.82) is 0 Å². The second-order valence-electron chi connectivity index (χ2n) is 15.3. The number of quaternary nitrogens is 1. The van der Waals surface area contributed by atoms with Crippen molar-refractivity contribution < 1.29 is 42.9 Å². The summed E-state index contributed by atoms with van der Waals surface area (Å²) in [5, 5.41) is 9.61. The van der Waals surface area contributed by atoms with Crippen molar-refractivity contribution in [2.75, 3.05) is 47.5 Å². The Labute approximate surface area is 347 Å². The highest BCUT2D eigenvalue weighted by Crippen LogP contribution is 2.11. The van der Waals surface area contributed by atoms with Crippen molar-refractivity contribution in [1.82, 2.24) is 0 Å². The van der Waals surface area contributed by atoms with Gasteiger partial charge in [-0.05, 0) is 77.0 Å². The van der Waals surface area contributed by atoms with Crippen LogP contribution in [0.2, 0.25) is 0 Å². The molecule has 0 aromatic carbocycles. The zero-order valence-electron chi connectivity index (χ0n) is 36.5. The van der Waals surface area contributed by atoms with Crippen molar-refractivity contribution in [3.05, 3.63) is 85.1 Å². The van der Waals surface area contributed by atoms with Crippen LogP contribution in [0.15, 0.2) is 85.1 Å². The van der Waals surface area contributed by atoms with Crippen molar-refractivity contribution in [3.63, 3.8) is 0 Å². The molecular formula is C48H80NO8+. The lowest BCUT2D eigenvalue weighted by atomic mass is 10.1. The summed E-state index contributed by atoms with van der Waals surface area (Å²) in [6.07, 6.45) is 46.6. The van der Waals surface area contributed by atoms with Gasteiger partial charge in [-0.2, -0.15) is 0 Å². The molecule has 0 rings (SSSR count). The van der Waals surface area contributed by atoms with E-state index in [0.29, 0.717) is 17.4 Å². The van der Waals surface area contributed by atoms with Crippen LogP contribution in [-0.4, -0.2) is 87.4 Å². The molecule has 9 nitrogen and oxygen atoms in total. The molecule has 0 heterocycles. The van der Waals surface area contributed by atoms with E-state index < -0.39 is 24.3 Å². The van der Waals surface area contributed by atoms with Crippen LogP contribution in [0.5, 0.6) is 0 Å². The Hall–Kier alpha value is -3.53. The molecule has 2 atom stereocenters. The van der Waals surface area contributed by atoms with Crippen LogP contribution in [0, 0.1) is 0 Å². The normalized spacial score (nSPS) is 13.8. The number of nitrogens with zero attached hydrogens (tertiary/aromatic N) is 1. The van der Waals surface area contributed by atoms with Gasteiger partial charge in [-0.25, -0.2) is 4.79 Å². The molecule has 2 unspecified atom stereocenters. The first-order valence-electron chi connectivity index (χ1n) is 21.8. The zero-order valence-corrected chi connectivity index (χ0v) is 36.5. The molecule has 0 fully saturated rings. The maximum Gasteiger partial charge on any atom is 0.361 e. The van der Waals surface area contributed by atoms with Crippen LogP contribution in [0.3, 0.4) is 0 Å². The summed E-state index contributed by atoms with van der Waals surface area (Å²) in [4.78, 5) is 37.0. The average Bonchev–Trinajstić information content (AvgIpc) is 3.17. The first-order valence-corrected chi connectivity index (χ1v) is 21.8. The number of carboxylic acids is 1. The first kappa shape index (κ1) is 53.5. The van der Waals surface area contributed by atoms with Crippen LogP contribution < -0.4 is 0 Å².